The molecule has 0 aliphatic rings. The third kappa shape index (κ3) is 3.77. The standard InChI is InChI=1S/C11H12N6O3/c18-11(12-5-4-10-13-7-14-16-10)15-8-2-1-3-9(6-8)17(19)20/h1-3,6-7H,4-5H2,(H2,12,15,18)(H,13,14,16). The Morgan fingerprint density at radius 2 is 2.30 bits per heavy atom. The molecule has 2 rings (SSSR count). The first-order valence-electron chi connectivity index (χ1n) is 5.78. The van der Waals surface area contributed by atoms with Gasteiger partial charge in [0.25, 0.3) is 5.69 Å². The average molecular weight is 276 g/mol. The number of carbonyl (C=O) groups excluding carboxylic acids is 1. The van der Waals surface area contributed by atoms with Crippen molar-refractivity contribution < 1.29 is 9.72 Å². The Bertz CT molecular complexity index is 598. The van der Waals surface area contributed by atoms with Crippen LogP contribution in [0.3, 0.4) is 0 Å². The molecule has 9 heteroatoms. The summed E-state index contributed by atoms with van der Waals surface area (Å²) in [5.41, 5.74) is 0.279. The highest BCUT2D eigenvalue weighted by molar-refractivity contribution is 5.89. The van der Waals surface area contributed by atoms with E-state index in [4.69, 9.17) is 0 Å². The van der Waals surface area contributed by atoms with Crippen LogP contribution in [0.1, 0.15) is 5.82 Å². The third-order valence-electron chi connectivity index (χ3n) is 2.43. The SMILES string of the molecule is O=C(NCCc1ncn[nH]1)Nc1cccc([N+](=O)[O-])c1. The molecule has 1 heterocycles. The van der Waals surface area contributed by atoms with E-state index < -0.39 is 11.0 Å². The fraction of sp³-hybridized carbons (Fsp3) is 0.182. The van der Waals surface area contributed by atoms with Crippen LogP contribution in [-0.2, 0) is 6.42 Å². The van der Waals surface area contributed by atoms with Crippen LogP contribution in [-0.4, -0.2) is 32.7 Å². The van der Waals surface area contributed by atoms with Crippen molar-refractivity contribution in [1.82, 2.24) is 20.5 Å². The molecule has 2 aromatic rings. The molecule has 0 spiro atoms. The molecule has 0 bridgehead atoms. The summed E-state index contributed by atoms with van der Waals surface area (Å²) in [6, 6.07) is 5.28. The highest BCUT2D eigenvalue weighted by Crippen LogP contribution is 2.16. The lowest BCUT2D eigenvalue weighted by Gasteiger charge is -2.06. The van der Waals surface area contributed by atoms with E-state index in [1.165, 1.54) is 24.5 Å². The summed E-state index contributed by atoms with van der Waals surface area (Å²) in [5, 5.41) is 22.1. The zero-order valence-corrected chi connectivity index (χ0v) is 10.4. The Labute approximate surface area is 113 Å². The number of nitro groups is 1. The highest BCUT2D eigenvalue weighted by Gasteiger charge is 2.07. The number of anilines is 1. The zero-order valence-electron chi connectivity index (χ0n) is 10.4. The highest BCUT2D eigenvalue weighted by atomic mass is 16.6. The molecule has 20 heavy (non-hydrogen) atoms. The normalized spacial score (nSPS) is 10.0. The van der Waals surface area contributed by atoms with E-state index in [-0.39, 0.29) is 5.69 Å². The number of rotatable bonds is 5. The summed E-state index contributed by atoms with van der Waals surface area (Å²) in [4.78, 5) is 25.6. The molecule has 0 aliphatic carbocycles. The number of hydrogen-bond acceptors (Lipinski definition) is 5. The first-order chi connectivity index (χ1) is 9.65. The molecular weight excluding hydrogens is 264 g/mol. The lowest BCUT2D eigenvalue weighted by Crippen LogP contribution is -2.30. The van der Waals surface area contributed by atoms with Gasteiger partial charge in [-0.1, -0.05) is 6.07 Å². The van der Waals surface area contributed by atoms with Gasteiger partial charge in [0.05, 0.1) is 4.92 Å². The minimum Gasteiger partial charge on any atom is -0.337 e. The van der Waals surface area contributed by atoms with Crippen molar-refractivity contribution in [1.29, 1.82) is 0 Å². The Hall–Kier alpha value is -2.97. The molecular formula is C11H12N6O3. The molecule has 1 aromatic carbocycles. The lowest BCUT2D eigenvalue weighted by atomic mass is 10.3. The number of nitrogens with one attached hydrogen (secondary N) is 3. The summed E-state index contributed by atoms with van der Waals surface area (Å²) < 4.78 is 0. The molecule has 0 saturated heterocycles. The van der Waals surface area contributed by atoms with Gasteiger partial charge in [-0.15, -0.1) is 0 Å². The minimum atomic E-state index is -0.521. The number of benzene rings is 1. The van der Waals surface area contributed by atoms with Gasteiger partial charge >= 0.3 is 6.03 Å². The third-order valence-corrected chi connectivity index (χ3v) is 2.43. The van der Waals surface area contributed by atoms with Crippen LogP contribution >= 0.6 is 0 Å². The zero-order chi connectivity index (χ0) is 14.4. The lowest BCUT2D eigenvalue weighted by molar-refractivity contribution is -0.384. The van der Waals surface area contributed by atoms with Crippen LogP contribution in [0.15, 0.2) is 30.6 Å². The van der Waals surface area contributed by atoms with Crippen molar-refractivity contribution in [2.75, 3.05) is 11.9 Å². The number of urea groups is 1. The number of carbonyl (C=O) groups is 1. The number of non-ortho nitro benzene ring substituents is 1. The Morgan fingerprint density at radius 1 is 1.45 bits per heavy atom. The van der Waals surface area contributed by atoms with Gasteiger partial charge in [-0.05, 0) is 6.07 Å². The number of nitro benzene ring substituents is 1. The maximum atomic E-state index is 11.6. The van der Waals surface area contributed by atoms with Crippen molar-refractivity contribution in [2.24, 2.45) is 0 Å². The quantitative estimate of drug-likeness (QED) is 0.556. The van der Waals surface area contributed by atoms with Crippen LogP contribution in [0.5, 0.6) is 0 Å². The van der Waals surface area contributed by atoms with Crippen LogP contribution in [0, 0.1) is 10.1 Å². The van der Waals surface area contributed by atoms with Gasteiger partial charge in [0, 0.05) is 30.8 Å². The predicted molar refractivity (Wildman–Crippen MR) is 70.2 cm³/mol. The largest absolute Gasteiger partial charge is 0.337 e. The summed E-state index contributed by atoms with van der Waals surface area (Å²) >= 11 is 0. The van der Waals surface area contributed by atoms with Crippen molar-refractivity contribution >= 4 is 17.4 Å². The average Bonchev–Trinajstić information content (AvgIpc) is 2.92. The molecule has 0 atom stereocenters. The van der Waals surface area contributed by atoms with E-state index in [1.807, 2.05) is 0 Å². The van der Waals surface area contributed by atoms with Gasteiger partial charge < -0.3 is 10.6 Å². The fourth-order valence-electron chi connectivity index (χ4n) is 1.52. The van der Waals surface area contributed by atoms with Gasteiger partial charge in [-0.2, -0.15) is 5.10 Å². The predicted octanol–water partition coefficient (Wildman–Crippen LogP) is 1.08. The topological polar surface area (TPSA) is 126 Å². The van der Waals surface area contributed by atoms with E-state index in [2.05, 4.69) is 25.8 Å². The molecule has 0 fully saturated rings. The first-order valence-corrected chi connectivity index (χ1v) is 5.78. The van der Waals surface area contributed by atoms with E-state index in [9.17, 15) is 14.9 Å². The van der Waals surface area contributed by atoms with E-state index in [1.54, 1.807) is 6.07 Å². The number of aromatic nitrogens is 3. The van der Waals surface area contributed by atoms with E-state index in [0.29, 0.717) is 24.5 Å². The van der Waals surface area contributed by atoms with Gasteiger partial charge in [0.2, 0.25) is 0 Å². The smallest absolute Gasteiger partial charge is 0.319 e. The molecule has 9 nitrogen and oxygen atoms in total. The summed E-state index contributed by atoms with van der Waals surface area (Å²) in [6.07, 6.45) is 1.90. The van der Waals surface area contributed by atoms with E-state index >= 15 is 0 Å². The van der Waals surface area contributed by atoms with E-state index in [0.717, 1.165) is 0 Å². The number of hydrogen-bond donors (Lipinski definition) is 3. The maximum Gasteiger partial charge on any atom is 0.319 e. The van der Waals surface area contributed by atoms with Crippen LogP contribution in [0.2, 0.25) is 0 Å². The molecule has 3 N–H and O–H groups in total. The molecule has 104 valence electrons. The van der Waals surface area contributed by atoms with Gasteiger partial charge in [-0.25, -0.2) is 9.78 Å². The second-order valence-electron chi connectivity index (χ2n) is 3.87. The molecule has 0 aliphatic heterocycles. The van der Waals surface area contributed by atoms with Crippen LogP contribution < -0.4 is 10.6 Å². The van der Waals surface area contributed by atoms with Gasteiger partial charge in [-0.3, -0.25) is 15.2 Å². The van der Waals surface area contributed by atoms with Crippen molar-refractivity contribution in [2.45, 2.75) is 6.42 Å². The number of H-pyrrole nitrogens is 1. The van der Waals surface area contributed by atoms with Crippen LogP contribution in [0.25, 0.3) is 0 Å². The van der Waals surface area contributed by atoms with Crippen LogP contribution in [0.4, 0.5) is 16.2 Å². The second-order valence-corrected chi connectivity index (χ2v) is 3.87. The molecule has 0 saturated carbocycles. The van der Waals surface area contributed by atoms with Gasteiger partial charge in [0.1, 0.15) is 12.2 Å². The molecule has 0 radical (unpaired) electrons. The van der Waals surface area contributed by atoms with Crippen molar-refractivity contribution in [3.05, 3.63) is 46.5 Å². The Balaban J connectivity index is 1.82. The number of amides is 2. The fourth-order valence-corrected chi connectivity index (χ4v) is 1.52. The second kappa shape index (κ2) is 6.27. The number of aromatic amines is 1. The Kier molecular flexibility index (Phi) is 4.22. The molecule has 2 amide bonds. The Morgan fingerprint density at radius 3 is 3.00 bits per heavy atom. The molecule has 1 aromatic heterocycles. The van der Waals surface area contributed by atoms with Crippen molar-refractivity contribution in [3.63, 3.8) is 0 Å². The summed E-state index contributed by atoms with van der Waals surface area (Å²) in [5.74, 6) is 0.667. The summed E-state index contributed by atoms with van der Waals surface area (Å²) in [6.45, 7) is 0.371. The molecule has 0 unspecified atom stereocenters. The maximum absolute atomic E-state index is 11.6. The van der Waals surface area contributed by atoms with Crippen molar-refractivity contribution in [3.8, 4) is 0 Å². The first kappa shape index (κ1) is 13.5. The number of nitrogens with zero attached hydrogens (tertiary/aromatic N) is 3. The monoisotopic (exact) mass is 276 g/mol. The van der Waals surface area contributed by atoms with Gasteiger partial charge in [0.15, 0.2) is 0 Å². The minimum absolute atomic E-state index is 0.0792. The summed E-state index contributed by atoms with van der Waals surface area (Å²) in [7, 11) is 0.